The second-order valence-corrected chi connectivity index (χ2v) is 3.63. The third-order valence-corrected chi connectivity index (χ3v) is 2.51. The van der Waals surface area contributed by atoms with Gasteiger partial charge in [-0.1, -0.05) is 17.3 Å². The van der Waals surface area contributed by atoms with Gasteiger partial charge < -0.3 is 20.4 Å². The highest BCUT2D eigenvalue weighted by Gasteiger charge is 2.19. The van der Waals surface area contributed by atoms with Gasteiger partial charge in [0, 0.05) is 12.0 Å². The maximum Gasteiger partial charge on any atom is 0.180 e. The maximum absolute atomic E-state index is 8.53. The molecular formula is C11H14N2O3. The van der Waals surface area contributed by atoms with Crippen LogP contribution in [0.3, 0.4) is 0 Å². The molecule has 0 fully saturated rings. The summed E-state index contributed by atoms with van der Waals surface area (Å²) in [5, 5.41) is 11.4. The summed E-state index contributed by atoms with van der Waals surface area (Å²) in [6, 6.07) is 5.72. The molecule has 1 aromatic rings. The normalized spacial score (nSPS) is 16.4. The topological polar surface area (TPSA) is 77.1 Å². The molecule has 2 rings (SSSR count). The molecule has 0 amide bonds. The number of amidine groups is 1. The first kappa shape index (κ1) is 10.6. The summed E-state index contributed by atoms with van der Waals surface area (Å²) in [5.74, 6) is 1.43. The van der Waals surface area contributed by atoms with Crippen molar-refractivity contribution in [2.75, 3.05) is 6.61 Å². The second kappa shape index (κ2) is 4.30. The molecule has 0 aromatic heterocycles. The standard InChI is InChI=1S/C11H14N2O3/c1-7(11(12)13-14)16-9-4-2-3-8-5-6-15-10(8)9/h2-4,7,14H,5-6H2,1H3,(H2,12,13). The van der Waals surface area contributed by atoms with Crippen molar-refractivity contribution in [2.24, 2.45) is 10.9 Å². The van der Waals surface area contributed by atoms with Gasteiger partial charge in [0.1, 0.15) is 0 Å². The summed E-state index contributed by atoms with van der Waals surface area (Å²) in [5.41, 5.74) is 6.57. The fraction of sp³-hybridized carbons (Fsp3) is 0.364. The lowest BCUT2D eigenvalue weighted by molar-refractivity contribution is 0.250. The Morgan fingerprint density at radius 3 is 3.19 bits per heavy atom. The summed E-state index contributed by atoms with van der Waals surface area (Å²) >= 11 is 0. The average Bonchev–Trinajstić information content (AvgIpc) is 2.77. The highest BCUT2D eigenvalue weighted by molar-refractivity contribution is 5.84. The van der Waals surface area contributed by atoms with E-state index in [1.165, 1.54) is 0 Å². The molecule has 0 bridgehead atoms. The fourth-order valence-electron chi connectivity index (χ4n) is 1.61. The lowest BCUT2D eigenvalue weighted by Gasteiger charge is -2.15. The van der Waals surface area contributed by atoms with Gasteiger partial charge in [0.25, 0.3) is 0 Å². The van der Waals surface area contributed by atoms with Crippen LogP contribution < -0.4 is 15.2 Å². The fourth-order valence-corrected chi connectivity index (χ4v) is 1.61. The van der Waals surface area contributed by atoms with Crippen molar-refractivity contribution in [2.45, 2.75) is 19.4 Å². The Bertz CT molecular complexity index is 418. The Morgan fingerprint density at radius 1 is 1.62 bits per heavy atom. The van der Waals surface area contributed by atoms with Gasteiger partial charge in [-0.25, -0.2) is 0 Å². The number of para-hydroxylation sites is 1. The molecule has 1 aliphatic rings. The van der Waals surface area contributed by atoms with E-state index in [1.54, 1.807) is 6.92 Å². The lowest BCUT2D eigenvalue weighted by Crippen LogP contribution is -2.31. The molecule has 0 radical (unpaired) electrons. The van der Waals surface area contributed by atoms with Crippen molar-refractivity contribution < 1.29 is 14.7 Å². The zero-order valence-electron chi connectivity index (χ0n) is 9.01. The van der Waals surface area contributed by atoms with E-state index in [4.69, 9.17) is 20.4 Å². The number of hydrogen-bond donors (Lipinski definition) is 2. The van der Waals surface area contributed by atoms with Gasteiger partial charge in [-0.2, -0.15) is 0 Å². The van der Waals surface area contributed by atoms with Crippen LogP contribution in [0.2, 0.25) is 0 Å². The minimum Gasteiger partial charge on any atom is -0.489 e. The van der Waals surface area contributed by atoms with Crippen LogP contribution in [-0.4, -0.2) is 23.8 Å². The SMILES string of the molecule is CC(Oc1cccc2c1OCC2)C(N)=NO. The summed E-state index contributed by atoms with van der Waals surface area (Å²) < 4.78 is 11.0. The van der Waals surface area contributed by atoms with E-state index in [2.05, 4.69) is 5.16 Å². The van der Waals surface area contributed by atoms with Gasteiger partial charge in [-0.15, -0.1) is 0 Å². The molecule has 0 aliphatic carbocycles. The highest BCUT2D eigenvalue weighted by Crippen LogP contribution is 2.35. The Balaban J connectivity index is 2.19. The largest absolute Gasteiger partial charge is 0.489 e. The lowest BCUT2D eigenvalue weighted by atomic mass is 10.1. The third-order valence-electron chi connectivity index (χ3n) is 2.51. The van der Waals surface area contributed by atoms with Crippen LogP contribution in [-0.2, 0) is 6.42 Å². The quantitative estimate of drug-likeness (QED) is 0.348. The molecule has 1 aliphatic heterocycles. The van der Waals surface area contributed by atoms with E-state index in [-0.39, 0.29) is 5.84 Å². The first-order valence-electron chi connectivity index (χ1n) is 5.11. The monoisotopic (exact) mass is 222 g/mol. The number of oxime groups is 1. The number of benzene rings is 1. The van der Waals surface area contributed by atoms with Crippen LogP contribution in [0.1, 0.15) is 12.5 Å². The zero-order valence-corrected chi connectivity index (χ0v) is 9.01. The van der Waals surface area contributed by atoms with Gasteiger partial charge >= 0.3 is 0 Å². The predicted molar refractivity (Wildman–Crippen MR) is 59.1 cm³/mol. The van der Waals surface area contributed by atoms with Crippen LogP contribution in [0.4, 0.5) is 0 Å². The van der Waals surface area contributed by atoms with Crippen molar-refractivity contribution in [1.29, 1.82) is 0 Å². The molecule has 3 N–H and O–H groups in total. The molecule has 1 atom stereocenters. The predicted octanol–water partition coefficient (Wildman–Crippen LogP) is 1.14. The molecule has 1 aromatic carbocycles. The van der Waals surface area contributed by atoms with Gasteiger partial charge in [-0.05, 0) is 13.0 Å². The van der Waals surface area contributed by atoms with E-state index in [0.29, 0.717) is 12.4 Å². The first-order valence-corrected chi connectivity index (χ1v) is 5.11. The van der Waals surface area contributed by atoms with Crippen LogP contribution in [0.5, 0.6) is 11.5 Å². The molecule has 5 heteroatoms. The van der Waals surface area contributed by atoms with E-state index >= 15 is 0 Å². The number of fused-ring (bicyclic) bond motifs is 1. The van der Waals surface area contributed by atoms with E-state index in [1.807, 2.05) is 18.2 Å². The summed E-state index contributed by atoms with van der Waals surface area (Å²) in [6.07, 6.45) is 0.408. The molecule has 1 heterocycles. The minimum absolute atomic E-state index is 0.0376. The van der Waals surface area contributed by atoms with Crippen LogP contribution in [0.25, 0.3) is 0 Å². The second-order valence-electron chi connectivity index (χ2n) is 3.63. The summed E-state index contributed by atoms with van der Waals surface area (Å²) in [7, 11) is 0. The minimum atomic E-state index is -0.485. The number of nitrogens with zero attached hydrogens (tertiary/aromatic N) is 1. The van der Waals surface area contributed by atoms with E-state index in [0.717, 1.165) is 17.7 Å². The van der Waals surface area contributed by atoms with Crippen molar-refractivity contribution in [3.05, 3.63) is 23.8 Å². The van der Waals surface area contributed by atoms with E-state index in [9.17, 15) is 0 Å². The van der Waals surface area contributed by atoms with Crippen molar-refractivity contribution in [1.82, 2.24) is 0 Å². The molecule has 5 nitrogen and oxygen atoms in total. The summed E-state index contributed by atoms with van der Waals surface area (Å²) in [6.45, 7) is 2.39. The maximum atomic E-state index is 8.53. The van der Waals surface area contributed by atoms with Crippen molar-refractivity contribution >= 4 is 5.84 Å². The summed E-state index contributed by atoms with van der Waals surface area (Å²) in [4.78, 5) is 0. The Morgan fingerprint density at radius 2 is 2.44 bits per heavy atom. The number of hydrogen-bond acceptors (Lipinski definition) is 4. The Kier molecular flexibility index (Phi) is 2.85. The first-order chi connectivity index (χ1) is 7.72. The Hall–Kier alpha value is -1.91. The van der Waals surface area contributed by atoms with Gasteiger partial charge in [0.2, 0.25) is 0 Å². The zero-order chi connectivity index (χ0) is 11.5. The van der Waals surface area contributed by atoms with Crippen LogP contribution in [0, 0.1) is 0 Å². The molecular weight excluding hydrogens is 208 g/mol. The molecule has 86 valence electrons. The Labute approximate surface area is 93.5 Å². The number of rotatable bonds is 3. The molecule has 16 heavy (non-hydrogen) atoms. The average molecular weight is 222 g/mol. The van der Waals surface area contributed by atoms with Crippen molar-refractivity contribution in [3.8, 4) is 11.5 Å². The van der Waals surface area contributed by atoms with Gasteiger partial charge in [0.15, 0.2) is 23.4 Å². The van der Waals surface area contributed by atoms with E-state index < -0.39 is 6.10 Å². The number of nitrogens with two attached hydrogens (primary N) is 1. The van der Waals surface area contributed by atoms with Gasteiger partial charge in [0.05, 0.1) is 6.61 Å². The van der Waals surface area contributed by atoms with Crippen LogP contribution in [0.15, 0.2) is 23.4 Å². The van der Waals surface area contributed by atoms with Crippen LogP contribution >= 0.6 is 0 Å². The molecule has 1 unspecified atom stereocenters. The molecule has 0 spiro atoms. The van der Waals surface area contributed by atoms with Crippen molar-refractivity contribution in [3.63, 3.8) is 0 Å². The third kappa shape index (κ3) is 1.88. The highest BCUT2D eigenvalue weighted by atomic mass is 16.5. The smallest absolute Gasteiger partial charge is 0.180 e. The molecule has 0 saturated heterocycles. The van der Waals surface area contributed by atoms with Gasteiger partial charge in [-0.3, -0.25) is 0 Å². The molecule has 0 saturated carbocycles. The number of ether oxygens (including phenoxy) is 2.